The topological polar surface area (TPSA) is 60.0 Å². The van der Waals surface area contributed by atoms with Crippen LogP contribution in [-0.2, 0) is 11.3 Å². The summed E-state index contributed by atoms with van der Waals surface area (Å²) in [5, 5.41) is 6.62. The van der Waals surface area contributed by atoms with E-state index in [0.717, 1.165) is 18.7 Å². The summed E-state index contributed by atoms with van der Waals surface area (Å²) in [6.45, 7) is 14.5. The lowest BCUT2D eigenvalue weighted by molar-refractivity contribution is -0.102. The van der Waals surface area contributed by atoms with Crippen molar-refractivity contribution in [2.75, 3.05) is 45.6 Å². The van der Waals surface area contributed by atoms with Crippen molar-refractivity contribution >= 4 is 35.0 Å². The quantitative estimate of drug-likeness (QED) is 0.289. The number of rotatable bonds is 10. The number of aliphatic imine (C=N–C) groups is 1. The first-order valence-electron chi connectivity index (χ1n) is 10.8. The number of allylic oxidation sites excluding steroid dienone is 3. The number of benzene rings is 1. The molecule has 0 spiro atoms. The van der Waals surface area contributed by atoms with Crippen molar-refractivity contribution in [1.29, 1.82) is 0 Å². The van der Waals surface area contributed by atoms with Gasteiger partial charge in [0.2, 0.25) is 0 Å². The summed E-state index contributed by atoms with van der Waals surface area (Å²) < 4.78 is 14.3. The summed E-state index contributed by atoms with van der Waals surface area (Å²) in [4.78, 5) is 19.6. The lowest BCUT2D eigenvalue weighted by Crippen LogP contribution is -2.45. The van der Waals surface area contributed by atoms with Crippen LogP contribution in [0.25, 0.3) is 0 Å². The summed E-state index contributed by atoms with van der Waals surface area (Å²) >= 11 is 6.65. The average molecular weight is 474 g/mol. The molecular weight excluding hydrogens is 441 g/mol. The van der Waals surface area contributed by atoms with Gasteiger partial charge in [-0.2, -0.15) is 0 Å². The zero-order valence-corrected chi connectivity index (χ0v) is 20.6. The number of nitrogens with one attached hydrogen (secondary N) is 2. The van der Waals surface area contributed by atoms with E-state index in [1.165, 1.54) is 6.92 Å². The van der Waals surface area contributed by atoms with E-state index in [4.69, 9.17) is 11.6 Å². The number of piperazine rings is 1. The summed E-state index contributed by atoms with van der Waals surface area (Å²) in [6, 6.07) is 3.80. The van der Waals surface area contributed by atoms with Crippen molar-refractivity contribution in [3.05, 3.63) is 70.8 Å². The lowest BCUT2D eigenvalue weighted by atomic mass is 10.1. The van der Waals surface area contributed by atoms with Crippen LogP contribution in [0.2, 0.25) is 5.02 Å². The first-order chi connectivity index (χ1) is 15.7. The van der Waals surface area contributed by atoms with Crippen molar-refractivity contribution in [1.82, 2.24) is 15.1 Å². The Labute approximate surface area is 201 Å². The maximum absolute atomic E-state index is 14.3. The zero-order chi connectivity index (χ0) is 24.5. The zero-order valence-electron chi connectivity index (χ0n) is 19.8. The fourth-order valence-electron chi connectivity index (χ4n) is 3.55. The van der Waals surface area contributed by atoms with Crippen molar-refractivity contribution in [3.63, 3.8) is 0 Å². The number of hydrogen-bond donors (Lipinski definition) is 2. The predicted molar refractivity (Wildman–Crippen MR) is 137 cm³/mol. The average Bonchev–Trinajstić information content (AvgIpc) is 2.81. The van der Waals surface area contributed by atoms with Gasteiger partial charge in [0.15, 0.2) is 6.29 Å². The third-order valence-electron chi connectivity index (χ3n) is 5.51. The van der Waals surface area contributed by atoms with E-state index in [-0.39, 0.29) is 5.83 Å². The second-order valence-electron chi connectivity index (χ2n) is 7.82. The summed E-state index contributed by atoms with van der Waals surface area (Å²) in [7, 11) is 3.55. The van der Waals surface area contributed by atoms with Crippen LogP contribution in [0, 0.1) is 0 Å². The molecule has 2 N–H and O–H groups in total. The Balaban J connectivity index is 2.08. The Bertz CT molecular complexity index is 987. The molecule has 1 aromatic rings. The molecule has 1 aliphatic rings. The Morgan fingerprint density at radius 3 is 2.39 bits per heavy atom. The van der Waals surface area contributed by atoms with E-state index in [0.29, 0.717) is 65.0 Å². The highest BCUT2D eigenvalue weighted by molar-refractivity contribution is 6.35. The maximum Gasteiger partial charge on any atom is 0.163 e. The van der Waals surface area contributed by atoms with Crippen molar-refractivity contribution in [3.8, 4) is 0 Å². The largest absolute Gasteiger partial charge is 0.388 e. The maximum atomic E-state index is 14.3. The molecule has 0 atom stereocenters. The number of carbonyl (C=O) groups is 1. The van der Waals surface area contributed by atoms with E-state index in [1.807, 2.05) is 17.0 Å². The van der Waals surface area contributed by atoms with Crippen LogP contribution in [0.3, 0.4) is 0 Å². The van der Waals surface area contributed by atoms with Gasteiger partial charge in [0.25, 0.3) is 0 Å². The molecule has 1 saturated heterocycles. The Hall–Kier alpha value is -2.90. The monoisotopic (exact) mass is 473 g/mol. The molecule has 1 aromatic carbocycles. The summed E-state index contributed by atoms with van der Waals surface area (Å²) in [6.07, 6.45) is 4.25. The van der Waals surface area contributed by atoms with Gasteiger partial charge in [0, 0.05) is 52.5 Å². The number of likely N-dealkylation sites (N-methyl/N-ethyl adjacent to an activating group) is 1. The Morgan fingerprint density at radius 2 is 1.85 bits per heavy atom. The minimum absolute atomic E-state index is 0.231. The molecule has 6 nitrogen and oxygen atoms in total. The van der Waals surface area contributed by atoms with Gasteiger partial charge in [0.1, 0.15) is 5.83 Å². The van der Waals surface area contributed by atoms with Gasteiger partial charge in [-0.05, 0) is 37.1 Å². The number of anilines is 1. The van der Waals surface area contributed by atoms with Crippen LogP contribution < -0.4 is 10.6 Å². The van der Waals surface area contributed by atoms with Gasteiger partial charge in [-0.1, -0.05) is 36.9 Å². The van der Waals surface area contributed by atoms with Crippen LogP contribution in [0.4, 0.5) is 15.8 Å². The predicted octanol–water partition coefficient (Wildman–Crippen LogP) is 4.84. The van der Waals surface area contributed by atoms with Gasteiger partial charge in [-0.25, -0.2) is 9.38 Å². The second kappa shape index (κ2) is 12.4. The SMILES string of the molecule is C=C(/C=C\C(=C(/C)F)N1CCN(Cc2ccc(/N=C(/C)C=O)c(NC)c2Cl)CC1)C(=C)NC. The molecule has 1 heterocycles. The third kappa shape index (κ3) is 7.04. The van der Waals surface area contributed by atoms with Crippen LogP contribution in [0.1, 0.15) is 19.4 Å². The van der Waals surface area contributed by atoms with E-state index in [9.17, 15) is 9.18 Å². The highest BCUT2D eigenvalue weighted by Gasteiger charge is 2.21. The first kappa shape index (κ1) is 26.4. The van der Waals surface area contributed by atoms with Crippen molar-refractivity contribution in [2.45, 2.75) is 20.4 Å². The van der Waals surface area contributed by atoms with Gasteiger partial charge < -0.3 is 15.5 Å². The number of carbonyl (C=O) groups excluding carboxylic acids is 1. The molecule has 0 saturated carbocycles. The molecule has 0 aliphatic carbocycles. The van der Waals surface area contributed by atoms with Gasteiger partial charge in [-0.15, -0.1) is 0 Å². The molecule has 2 rings (SSSR count). The smallest absolute Gasteiger partial charge is 0.163 e. The van der Waals surface area contributed by atoms with E-state index < -0.39 is 0 Å². The molecular formula is C25H33ClFN5O. The van der Waals surface area contributed by atoms with E-state index in [2.05, 4.69) is 33.7 Å². The summed E-state index contributed by atoms with van der Waals surface area (Å²) in [5.41, 5.74) is 4.64. The van der Waals surface area contributed by atoms with Crippen LogP contribution in [0.5, 0.6) is 0 Å². The van der Waals surface area contributed by atoms with Crippen LogP contribution in [-0.4, -0.2) is 62.1 Å². The molecule has 0 aromatic heterocycles. The van der Waals surface area contributed by atoms with Gasteiger partial charge in [0.05, 0.1) is 27.8 Å². The normalized spacial score (nSPS) is 15.9. The molecule has 0 bridgehead atoms. The number of hydrogen-bond acceptors (Lipinski definition) is 6. The molecule has 1 aliphatic heterocycles. The fourth-order valence-corrected chi connectivity index (χ4v) is 3.86. The van der Waals surface area contributed by atoms with E-state index in [1.54, 1.807) is 33.2 Å². The van der Waals surface area contributed by atoms with Crippen LogP contribution >= 0.6 is 11.6 Å². The number of aldehydes is 1. The number of halogens is 2. The van der Waals surface area contributed by atoms with Gasteiger partial charge >= 0.3 is 0 Å². The Morgan fingerprint density at radius 1 is 1.18 bits per heavy atom. The molecule has 8 heteroatoms. The molecule has 178 valence electrons. The third-order valence-corrected chi connectivity index (χ3v) is 5.94. The minimum atomic E-state index is -0.231. The highest BCUT2D eigenvalue weighted by Crippen LogP contribution is 2.36. The van der Waals surface area contributed by atoms with Crippen LogP contribution in [0.15, 0.2) is 65.2 Å². The fraction of sp³-hybridized carbons (Fsp3) is 0.360. The van der Waals surface area contributed by atoms with Gasteiger partial charge in [-0.3, -0.25) is 9.69 Å². The molecule has 1 fully saturated rings. The Kier molecular flexibility index (Phi) is 9.88. The summed E-state index contributed by atoms with van der Waals surface area (Å²) in [5.74, 6) is -0.231. The molecule has 0 unspecified atom stereocenters. The lowest BCUT2D eigenvalue weighted by Gasteiger charge is -2.37. The molecule has 33 heavy (non-hydrogen) atoms. The number of nitrogens with zero attached hydrogens (tertiary/aromatic N) is 3. The molecule has 0 radical (unpaired) electrons. The highest BCUT2D eigenvalue weighted by atomic mass is 35.5. The second-order valence-corrected chi connectivity index (χ2v) is 8.20. The molecule has 0 amide bonds. The van der Waals surface area contributed by atoms with Crippen molar-refractivity contribution in [2.24, 2.45) is 4.99 Å². The van der Waals surface area contributed by atoms with E-state index >= 15 is 0 Å². The standard InChI is InChI=1S/C25H33ClFN5O/c1-17(20(4)28-5)7-10-23(19(3)27)32-13-11-31(12-14-32)15-21-8-9-22(30-18(2)16-33)25(29-6)24(21)26/h7-10,16,28-29H,1,4,11-15H2,2-3,5-6H3/b10-7-,23-19-,30-18-. The van der Waals surface area contributed by atoms with Crippen molar-refractivity contribution < 1.29 is 9.18 Å². The minimum Gasteiger partial charge on any atom is -0.388 e. The first-order valence-corrected chi connectivity index (χ1v) is 11.2.